The van der Waals surface area contributed by atoms with Crippen molar-refractivity contribution < 1.29 is 36.1 Å². The largest absolute Gasteiger partial charge is 0.459 e. The number of hydrogen-bond acceptors (Lipinski definition) is 8. The number of halogens is 8. The molecule has 3 aromatic carbocycles. The SMILES string of the molecule is N=C[C@@H](F)[C@H](OC(=O)c1ccc(Cl)cc1Cl)[C@@H](COC(=O)c1ccc(Cl)cc1Cl)OS(=O)(=O)c1cc(Cl)c(Cl)cc1Cl. The minimum absolute atomic E-state index is 0.0785. The van der Waals surface area contributed by atoms with Crippen LogP contribution in [0.3, 0.4) is 0 Å². The molecule has 3 rings (SSSR count). The highest BCUT2D eigenvalue weighted by atomic mass is 35.5. The average molecular weight is 741 g/mol. The lowest BCUT2D eigenvalue weighted by molar-refractivity contribution is -0.0475. The Kier molecular flexibility index (Phi) is 12.2. The number of esters is 2. The number of carbonyl (C=O) groups is 2. The van der Waals surface area contributed by atoms with Gasteiger partial charge in [-0.3, -0.25) is 4.18 Å². The number of rotatable bonds is 11. The topological polar surface area (TPSA) is 120 Å². The Morgan fingerprint density at radius 3 is 1.83 bits per heavy atom. The zero-order valence-corrected chi connectivity index (χ0v) is 26.5. The molecule has 0 saturated heterocycles. The molecule has 3 atom stereocenters. The van der Waals surface area contributed by atoms with Gasteiger partial charge in [0.05, 0.1) is 36.2 Å². The summed E-state index contributed by atoms with van der Waals surface area (Å²) >= 11 is 41.6. The smallest absolute Gasteiger partial charge is 0.340 e. The highest BCUT2D eigenvalue weighted by molar-refractivity contribution is 7.87. The quantitative estimate of drug-likeness (QED) is 0.0908. The van der Waals surface area contributed by atoms with E-state index in [0.29, 0.717) is 0 Å². The molecule has 224 valence electrons. The number of ether oxygens (including phenoxy) is 2. The van der Waals surface area contributed by atoms with Gasteiger partial charge in [-0.25, -0.2) is 14.0 Å². The lowest BCUT2D eigenvalue weighted by Crippen LogP contribution is -2.45. The zero-order chi connectivity index (χ0) is 31.4. The van der Waals surface area contributed by atoms with Gasteiger partial charge in [0.2, 0.25) is 0 Å². The second kappa shape index (κ2) is 14.7. The van der Waals surface area contributed by atoms with Crippen LogP contribution in [0.5, 0.6) is 0 Å². The molecule has 0 aromatic heterocycles. The van der Waals surface area contributed by atoms with Gasteiger partial charge in [-0.05, 0) is 48.5 Å². The third-order valence-corrected chi connectivity index (χ3v) is 8.88. The molecule has 0 heterocycles. The van der Waals surface area contributed by atoms with Gasteiger partial charge in [-0.15, -0.1) is 0 Å². The van der Waals surface area contributed by atoms with Gasteiger partial charge in [0.1, 0.15) is 11.5 Å². The van der Waals surface area contributed by atoms with Gasteiger partial charge in [-0.1, -0.05) is 81.2 Å². The molecular formula is C25H15Cl7FNO7S. The molecule has 3 aromatic rings. The summed E-state index contributed by atoms with van der Waals surface area (Å²) in [4.78, 5) is 25.0. The Morgan fingerprint density at radius 2 is 1.31 bits per heavy atom. The molecule has 17 heteroatoms. The van der Waals surface area contributed by atoms with E-state index >= 15 is 4.39 Å². The monoisotopic (exact) mass is 737 g/mol. The molecule has 0 saturated carbocycles. The van der Waals surface area contributed by atoms with E-state index in [1.165, 1.54) is 36.4 Å². The van der Waals surface area contributed by atoms with E-state index in [9.17, 15) is 18.0 Å². The first kappa shape index (κ1) is 34.6. The van der Waals surface area contributed by atoms with E-state index in [1.54, 1.807) is 0 Å². The van der Waals surface area contributed by atoms with Crippen molar-refractivity contribution in [3.63, 3.8) is 0 Å². The summed E-state index contributed by atoms with van der Waals surface area (Å²) in [5.74, 6) is -2.33. The van der Waals surface area contributed by atoms with Crippen LogP contribution in [-0.4, -0.2) is 51.6 Å². The van der Waals surface area contributed by atoms with Crippen LogP contribution in [0.1, 0.15) is 20.7 Å². The second-order valence-electron chi connectivity index (χ2n) is 8.11. The molecule has 0 radical (unpaired) electrons. The average Bonchev–Trinajstić information content (AvgIpc) is 2.90. The molecule has 1 N–H and O–H groups in total. The third-order valence-electron chi connectivity index (χ3n) is 5.26. The summed E-state index contributed by atoms with van der Waals surface area (Å²) in [6, 6.07) is 9.38. The minimum Gasteiger partial charge on any atom is -0.459 e. The van der Waals surface area contributed by atoms with E-state index in [1.807, 2.05) is 0 Å². The Labute approximate surface area is 274 Å². The van der Waals surface area contributed by atoms with E-state index in [0.717, 1.165) is 12.1 Å². The molecule has 0 aliphatic heterocycles. The van der Waals surface area contributed by atoms with E-state index < -0.39 is 57.0 Å². The number of carbonyl (C=O) groups excluding carboxylic acids is 2. The van der Waals surface area contributed by atoms with Crippen molar-refractivity contribution in [3.8, 4) is 0 Å². The molecule has 8 nitrogen and oxygen atoms in total. The minimum atomic E-state index is -4.94. The summed E-state index contributed by atoms with van der Waals surface area (Å²) < 4.78 is 57.2. The molecule has 0 aliphatic carbocycles. The maximum absolute atomic E-state index is 15.1. The predicted octanol–water partition coefficient (Wildman–Crippen LogP) is 8.40. The maximum atomic E-state index is 15.1. The van der Waals surface area contributed by atoms with Crippen LogP contribution in [0.15, 0.2) is 53.4 Å². The van der Waals surface area contributed by atoms with Crippen molar-refractivity contribution in [2.24, 2.45) is 0 Å². The number of nitrogens with one attached hydrogen (secondary N) is 1. The summed E-state index contributed by atoms with van der Waals surface area (Å²) in [7, 11) is -4.94. The number of alkyl halides is 1. The maximum Gasteiger partial charge on any atom is 0.340 e. The normalized spacial score (nSPS) is 13.6. The fourth-order valence-corrected chi connectivity index (χ4v) is 6.28. The first-order chi connectivity index (χ1) is 19.6. The summed E-state index contributed by atoms with van der Waals surface area (Å²) in [6.07, 6.45) is -6.54. The van der Waals surface area contributed by atoms with Crippen molar-refractivity contribution >= 4 is 109 Å². The van der Waals surface area contributed by atoms with E-state index in [4.69, 9.17) is 100 Å². The molecule has 42 heavy (non-hydrogen) atoms. The standard InChI is InChI=1S/C25H15Cl7FNO7S/c26-11-1-3-13(15(28)5-11)24(35)39-10-21(41-42(37,38)22-8-18(31)17(30)7-19(22)32)23(20(33)9-34)40-25(36)14-4-2-12(27)6-16(14)29/h1-9,20-21,23,34H,10H2/t20-,21-,23+/m1/s1. The number of hydrogen-bond donors (Lipinski definition) is 1. The zero-order valence-electron chi connectivity index (χ0n) is 20.4. The van der Waals surface area contributed by atoms with Crippen LogP contribution in [0.4, 0.5) is 4.39 Å². The predicted molar refractivity (Wildman–Crippen MR) is 160 cm³/mol. The fourth-order valence-electron chi connectivity index (χ4n) is 3.26. The Bertz CT molecular complexity index is 1640. The van der Waals surface area contributed by atoms with Crippen LogP contribution < -0.4 is 0 Å². The molecular weight excluding hydrogens is 726 g/mol. The third kappa shape index (κ3) is 8.62. The summed E-state index contributed by atoms with van der Waals surface area (Å²) in [5.41, 5.74) is -0.456. The van der Waals surface area contributed by atoms with Crippen molar-refractivity contribution in [1.29, 1.82) is 5.41 Å². The fraction of sp³-hybridized carbons (Fsp3) is 0.160. The van der Waals surface area contributed by atoms with Gasteiger partial charge in [0, 0.05) is 16.3 Å². The molecule has 0 fully saturated rings. The van der Waals surface area contributed by atoms with Crippen molar-refractivity contribution in [2.45, 2.75) is 23.3 Å². The summed E-state index contributed by atoms with van der Waals surface area (Å²) in [5, 5.41) is 6.79. The lowest BCUT2D eigenvalue weighted by atomic mass is 10.1. The second-order valence-corrected chi connectivity index (χ2v) is 12.6. The van der Waals surface area contributed by atoms with E-state index in [-0.39, 0.29) is 47.5 Å². The van der Waals surface area contributed by atoms with Crippen LogP contribution in [0.2, 0.25) is 35.2 Å². The highest BCUT2D eigenvalue weighted by Gasteiger charge is 2.39. The van der Waals surface area contributed by atoms with Crippen LogP contribution >= 0.6 is 81.2 Å². The molecule has 0 unspecified atom stereocenters. The number of benzene rings is 3. The van der Waals surface area contributed by atoms with Gasteiger partial charge in [0.15, 0.2) is 18.4 Å². The van der Waals surface area contributed by atoms with Gasteiger partial charge >= 0.3 is 11.9 Å². The van der Waals surface area contributed by atoms with Gasteiger partial charge in [0.25, 0.3) is 10.1 Å². The molecule has 0 aliphatic rings. The Hall–Kier alpha value is -1.86. The Balaban J connectivity index is 2.02. The first-order valence-corrected chi connectivity index (χ1v) is 15.2. The van der Waals surface area contributed by atoms with Crippen LogP contribution in [-0.2, 0) is 23.8 Å². The van der Waals surface area contributed by atoms with Crippen molar-refractivity contribution in [2.75, 3.05) is 6.61 Å². The lowest BCUT2D eigenvalue weighted by Gasteiger charge is -2.27. The molecule has 0 bridgehead atoms. The van der Waals surface area contributed by atoms with Crippen LogP contribution in [0, 0.1) is 5.41 Å². The van der Waals surface area contributed by atoms with Crippen LogP contribution in [0.25, 0.3) is 0 Å². The van der Waals surface area contributed by atoms with Gasteiger partial charge in [-0.2, -0.15) is 8.42 Å². The highest BCUT2D eigenvalue weighted by Crippen LogP contribution is 2.34. The molecule has 0 spiro atoms. The summed E-state index contributed by atoms with van der Waals surface area (Å²) in [6.45, 7) is -1.03. The molecule has 0 amide bonds. The van der Waals surface area contributed by atoms with Crippen molar-refractivity contribution in [1.82, 2.24) is 0 Å². The van der Waals surface area contributed by atoms with Crippen molar-refractivity contribution in [3.05, 3.63) is 94.8 Å². The Morgan fingerprint density at radius 1 is 0.786 bits per heavy atom. The first-order valence-electron chi connectivity index (χ1n) is 11.1. The van der Waals surface area contributed by atoms with Gasteiger partial charge < -0.3 is 14.9 Å². The van der Waals surface area contributed by atoms with E-state index in [2.05, 4.69) is 0 Å².